The summed E-state index contributed by atoms with van der Waals surface area (Å²) in [7, 11) is 2.12. The summed E-state index contributed by atoms with van der Waals surface area (Å²) >= 11 is 0. The Morgan fingerprint density at radius 1 is 1.12 bits per heavy atom. The number of rotatable bonds is 10. The third-order valence-electron chi connectivity index (χ3n) is 9.15. The maximum Gasteiger partial charge on any atom is 0.324 e. The van der Waals surface area contributed by atoms with Gasteiger partial charge in [-0.2, -0.15) is 0 Å². The zero-order chi connectivity index (χ0) is 29.3. The highest BCUT2D eigenvalue weighted by atomic mass is 16.4. The van der Waals surface area contributed by atoms with Gasteiger partial charge in [0, 0.05) is 74.3 Å². The SMILES string of the molecule is CN(c1cccc(Nc2cc(-c3cnc(N4CC(O)CC4CCN)nc3)ccn2)c1)C1CCN(C2(C(=O)O)CC2)CC1. The number of nitrogens with zero attached hydrogens (tertiary/aromatic N) is 6. The number of aliphatic hydroxyl groups excluding tert-OH is 1. The van der Waals surface area contributed by atoms with E-state index < -0.39 is 11.5 Å². The molecule has 2 atom stereocenters. The molecular formula is C31H40N8O3. The molecule has 2 aromatic heterocycles. The summed E-state index contributed by atoms with van der Waals surface area (Å²) in [4.78, 5) is 32.0. The molecule has 1 saturated carbocycles. The van der Waals surface area contributed by atoms with E-state index in [1.165, 1.54) is 0 Å². The van der Waals surface area contributed by atoms with Gasteiger partial charge in [-0.3, -0.25) is 9.69 Å². The van der Waals surface area contributed by atoms with Crippen LogP contribution >= 0.6 is 0 Å². The van der Waals surface area contributed by atoms with Crippen LogP contribution in [0.5, 0.6) is 0 Å². The topological polar surface area (TPSA) is 144 Å². The minimum atomic E-state index is -0.672. The molecule has 11 nitrogen and oxygen atoms in total. The molecule has 3 fully saturated rings. The summed E-state index contributed by atoms with van der Waals surface area (Å²) in [5.74, 6) is 0.662. The molecule has 6 rings (SSSR count). The number of hydrogen-bond acceptors (Lipinski definition) is 10. The Balaban J connectivity index is 1.10. The molecule has 11 heteroatoms. The van der Waals surface area contributed by atoms with Crippen molar-refractivity contribution in [3.8, 4) is 11.1 Å². The number of carbonyl (C=O) groups is 1. The van der Waals surface area contributed by atoms with Gasteiger partial charge in [0.15, 0.2) is 0 Å². The Kier molecular flexibility index (Phi) is 7.98. The van der Waals surface area contributed by atoms with E-state index in [4.69, 9.17) is 5.73 Å². The van der Waals surface area contributed by atoms with Crippen LogP contribution in [0.4, 0.5) is 23.1 Å². The molecule has 3 aliphatic rings. The Morgan fingerprint density at radius 3 is 2.57 bits per heavy atom. The fourth-order valence-electron chi connectivity index (χ4n) is 6.53. The van der Waals surface area contributed by atoms with Gasteiger partial charge in [0.05, 0.1) is 6.10 Å². The van der Waals surface area contributed by atoms with Crippen molar-refractivity contribution in [2.24, 2.45) is 5.73 Å². The lowest BCUT2D eigenvalue weighted by atomic mass is 10.0. The molecule has 2 aliphatic heterocycles. The van der Waals surface area contributed by atoms with Gasteiger partial charge >= 0.3 is 5.97 Å². The number of nitrogens with two attached hydrogens (primary N) is 1. The van der Waals surface area contributed by atoms with Crippen molar-refractivity contribution in [3.63, 3.8) is 0 Å². The van der Waals surface area contributed by atoms with Gasteiger partial charge in [0.25, 0.3) is 0 Å². The number of anilines is 4. The van der Waals surface area contributed by atoms with Crippen molar-refractivity contribution in [2.45, 2.75) is 62.3 Å². The number of carboxylic acid groups (broad SMARTS) is 1. The first-order valence-electron chi connectivity index (χ1n) is 14.9. The number of aromatic nitrogens is 3. The van der Waals surface area contributed by atoms with Crippen LogP contribution in [0.15, 0.2) is 55.0 Å². The van der Waals surface area contributed by atoms with Gasteiger partial charge in [0.2, 0.25) is 5.95 Å². The number of aliphatic hydroxyl groups is 1. The summed E-state index contributed by atoms with van der Waals surface area (Å²) in [5, 5.41) is 23.2. The van der Waals surface area contributed by atoms with E-state index in [0.29, 0.717) is 31.5 Å². The van der Waals surface area contributed by atoms with Crippen molar-refractivity contribution < 1.29 is 15.0 Å². The van der Waals surface area contributed by atoms with Gasteiger partial charge < -0.3 is 31.1 Å². The van der Waals surface area contributed by atoms with Crippen molar-refractivity contribution in [3.05, 3.63) is 55.0 Å². The number of likely N-dealkylation sites (tertiary alicyclic amines) is 1. The largest absolute Gasteiger partial charge is 0.480 e. The first-order valence-corrected chi connectivity index (χ1v) is 14.9. The van der Waals surface area contributed by atoms with Gasteiger partial charge in [-0.05, 0) is 81.0 Å². The second kappa shape index (κ2) is 11.8. The predicted octanol–water partition coefficient (Wildman–Crippen LogP) is 3.09. The van der Waals surface area contributed by atoms with Crippen LogP contribution in [0.25, 0.3) is 11.1 Å². The minimum Gasteiger partial charge on any atom is -0.480 e. The molecule has 3 aromatic rings. The van der Waals surface area contributed by atoms with Gasteiger partial charge in [-0.1, -0.05) is 6.07 Å². The third kappa shape index (κ3) is 5.77. The van der Waals surface area contributed by atoms with Gasteiger partial charge in [0.1, 0.15) is 11.4 Å². The number of nitrogens with one attached hydrogen (secondary N) is 1. The predicted molar refractivity (Wildman–Crippen MR) is 163 cm³/mol. The highest BCUT2D eigenvalue weighted by Gasteiger charge is 2.55. The number of aliphatic carboxylic acids is 1. The standard InChI is InChI=1S/C31H40N8O3/c1-37(24-7-13-38(14-8-24)31(9-10-31)29(41)42)25-4-2-3-23(16-25)36-28-15-21(6-12-33-28)22-18-34-30(35-19-22)39-20-27(40)17-26(39)5-11-32/h2-4,6,12,15-16,18-19,24,26-27,40H,5,7-11,13-14,17,20,32H2,1H3,(H,33,36)(H,41,42). The van der Waals surface area contributed by atoms with Crippen LogP contribution < -0.4 is 20.9 Å². The van der Waals surface area contributed by atoms with Gasteiger partial charge in [-0.15, -0.1) is 0 Å². The number of β-amino-alcohol motifs (C(OH)–C–C–N with tert-alkyl or cyclic N) is 1. The molecule has 222 valence electrons. The number of hydrogen-bond donors (Lipinski definition) is 4. The number of pyridine rings is 1. The lowest BCUT2D eigenvalue weighted by molar-refractivity contribution is -0.145. The lowest BCUT2D eigenvalue weighted by Gasteiger charge is -2.40. The van der Waals surface area contributed by atoms with Crippen molar-refractivity contribution in [1.29, 1.82) is 0 Å². The average Bonchev–Trinajstić information content (AvgIpc) is 3.75. The Bertz CT molecular complexity index is 1390. The first kappa shape index (κ1) is 28.3. The zero-order valence-corrected chi connectivity index (χ0v) is 24.1. The zero-order valence-electron chi connectivity index (χ0n) is 24.1. The fourth-order valence-corrected chi connectivity index (χ4v) is 6.53. The summed E-state index contributed by atoms with van der Waals surface area (Å²) in [6.07, 6.45) is 9.92. The third-order valence-corrected chi connectivity index (χ3v) is 9.15. The van der Waals surface area contributed by atoms with Crippen molar-refractivity contribution in [2.75, 3.05) is 48.3 Å². The molecule has 0 radical (unpaired) electrons. The molecule has 0 amide bonds. The van der Waals surface area contributed by atoms with Crippen LogP contribution in [-0.2, 0) is 4.79 Å². The molecule has 2 saturated heterocycles. The minimum absolute atomic E-state index is 0.155. The molecule has 1 aromatic carbocycles. The van der Waals surface area contributed by atoms with E-state index in [9.17, 15) is 15.0 Å². The number of carboxylic acids is 1. The average molecular weight is 573 g/mol. The molecule has 5 N–H and O–H groups in total. The Morgan fingerprint density at radius 2 is 1.88 bits per heavy atom. The van der Waals surface area contributed by atoms with E-state index in [1.54, 1.807) is 6.20 Å². The summed E-state index contributed by atoms with van der Waals surface area (Å²) in [5.41, 5.74) is 9.05. The molecule has 0 spiro atoms. The van der Waals surface area contributed by atoms with Crippen LogP contribution in [0.3, 0.4) is 0 Å². The van der Waals surface area contributed by atoms with Crippen LogP contribution in [0, 0.1) is 0 Å². The summed E-state index contributed by atoms with van der Waals surface area (Å²) < 4.78 is 0. The highest BCUT2D eigenvalue weighted by Crippen LogP contribution is 2.43. The summed E-state index contributed by atoms with van der Waals surface area (Å²) in [6.45, 7) is 2.71. The second-order valence-corrected chi connectivity index (χ2v) is 11.8. The highest BCUT2D eigenvalue weighted by molar-refractivity contribution is 5.82. The van der Waals surface area contributed by atoms with Crippen LogP contribution in [0.1, 0.15) is 38.5 Å². The molecule has 0 bridgehead atoms. The second-order valence-electron chi connectivity index (χ2n) is 11.8. The first-order chi connectivity index (χ1) is 20.4. The monoisotopic (exact) mass is 572 g/mol. The Labute approximate surface area is 246 Å². The smallest absolute Gasteiger partial charge is 0.324 e. The lowest BCUT2D eigenvalue weighted by Crippen LogP contribution is -2.51. The molecular weight excluding hydrogens is 532 g/mol. The normalized spacial score (nSPS) is 22.2. The molecule has 2 unspecified atom stereocenters. The number of piperidine rings is 1. The van der Waals surface area contributed by atoms with Crippen LogP contribution in [0.2, 0.25) is 0 Å². The maximum absolute atomic E-state index is 11.7. The van der Waals surface area contributed by atoms with Gasteiger partial charge in [-0.25, -0.2) is 15.0 Å². The van der Waals surface area contributed by atoms with E-state index >= 15 is 0 Å². The quantitative estimate of drug-likeness (QED) is 0.284. The van der Waals surface area contributed by atoms with Crippen molar-refractivity contribution >= 4 is 29.1 Å². The van der Waals surface area contributed by atoms with E-state index in [1.807, 2.05) is 41.6 Å². The van der Waals surface area contributed by atoms with E-state index in [-0.39, 0.29) is 12.1 Å². The summed E-state index contributed by atoms with van der Waals surface area (Å²) in [6, 6.07) is 12.7. The van der Waals surface area contributed by atoms with Crippen LogP contribution in [-0.4, -0.2) is 93.0 Å². The fraction of sp³-hybridized carbons (Fsp3) is 0.484. The van der Waals surface area contributed by atoms with Crippen molar-refractivity contribution in [1.82, 2.24) is 19.9 Å². The molecule has 1 aliphatic carbocycles. The molecule has 42 heavy (non-hydrogen) atoms. The Hall–Kier alpha value is -3.80. The van der Waals surface area contributed by atoms with E-state index in [0.717, 1.165) is 73.5 Å². The van der Waals surface area contributed by atoms with E-state index in [2.05, 4.69) is 49.2 Å². The number of benzene rings is 1. The molecule has 4 heterocycles. The maximum atomic E-state index is 11.7.